The first kappa shape index (κ1) is 12.4. The summed E-state index contributed by atoms with van der Waals surface area (Å²) in [4.78, 5) is 21.5. The normalized spacial score (nSPS) is 16.3. The number of thioether (sulfide) groups is 1. The first-order valence-corrected chi connectivity index (χ1v) is 5.19. The zero-order valence-electron chi connectivity index (χ0n) is 8.03. The summed E-state index contributed by atoms with van der Waals surface area (Å²) < 4.78 is 0. The molecule has 0 rings (SSSR count). The van der Waals surface area contributed by atoms with Crippen LogP contribution in [-0.2, 0) is 9.59 Å². The molecular formula is C8H15NO3S. The van der Waals surface area contributed by atoms with Crippen molar-refractivity contribution in [1.82, 2.24) is 0 Å². The predicted molar refractivity (Wildman–Crippen MR) is 52.8 cm³/mol. The lowest BCUT2D eigenvalue weighted by Gasteiger charge is -2.35. The van der Waals surface area contributed by atoms with Crippen LogP contribution in [-0.4, -0.2) is 34.9 Å². The van der Waals surface area contributed by atoms with E-state index in [1.165, 1.54) is 11.8 Å². The van der Waals surface area contributed by atoms with E-state index in [9.17, 15) is 9.59 Å². The minimum Gasteiger partial charge on any atom is -0.480 e. The van der Waals surface area contributed by atoms with Gasteiger partial charge in [-0.05, 0) is 6.26 Å². The molecule has 0 heterocycles. The van der Waals surface area contributed by atoms with Gasteiger partial charge in [0.1, 0.15) is 0 Å². The topological polar surface area (TPSA) is 80.4 Å². The van der Waals surface area contributed by atoms with E-state index in [1.807, 2.05) is 6.26 Å². The van der Waals surface area contributed by atoms with Crippen molar-refractivity contribution >= 4 is 24.0 Å². The van der Waals surface area contributed by atoms with Crippen LogP contribution < -0.4 is 5.73 Å². The minimum atomic E-state index is -1.80. The van der Waals surface area contributed by atoms with Gasteiger partial charge in [-0.25, -0.2) is 4.79 Å². The van der Waals surface area contributed by atoms with Crippen LogP contribution in [0.3, 0.4) is 0 Å². The molecule has 0 radical (unpaired) electrons. The Kier molecular flexibility index (Phi) is 3.93. The fourth-order valence-electron chi connectivity index (χ4n) is 0.980. The number of carboxylic acids is 1. The van der Waals surface area contributed by atoms with Gasteiger partial charge in [-0.2, -0.15) is 11.8 Å². The van der Waals surface area contributed by atoms with E-state index < -0.39 is 16.9 Å². The standard InChI is InChI=1S/C8H15NO3S/c1-7(2,5-13-3)8(9,4-10)6(11)12/h4H,5,9H2,1-3H3,(H,11,12). The Balaban J connectivity index is 4.94. The smallest absolute Gasteiger partial charge is 0.331 e. The third-order valence-electron chi connectivity index (χ3n) is 2.16. The third kappa shape index (κ3) is 2.22. The van der Waals surface area contributed by atoms with Gasteiger partial charge in [0.2, 0.25) is 0 Å². The Hall–Kier alpha value is -0.550. The predicted octanol–water partition coefficient (Wildman–Crippen LogP) is 0.357. The van der Waals surface area contributed by atoms with Crippen LogP contribution in [0.1, 0.15) is 13.8 Å². The first-order chi connectivity index (χ1) is 5.81. The van der Waals surface area contributed by atoms with E-state index in [2.05, 4.69) is 0 Å². The van der Waals surface area contributed by atoms with Crippen LogP contribution >= 0.6 is 11.8 Å². The molecule has 0 spiro atoms. The fourth-order valence-corrected chi connectivity index (χ4v) is 1.94. The third-order valence-corrected chi connectivity index (χ3v) is 3.18. The highest BCUT2D eigenvalue weighted by atomic mass is 32.2. The first-order valence-electron chi connectivity index (χ1n) is 3.79. The largest absolute Gasteiger partial charge is 0.480 e. The molecule has 5 heteroatoms. The average Bonchev–Trinajstić information content (AvgIpc) is 2.02. The Morgan fingerprint density at radius 1 is 1.62 bits per heavy atom. The van der Waals surface area contributed by atoms with E-state index >= 15 is 0 Å². The quantitative estimate of drug-likeness (QED) is 0.500. The van der Waals surface area contributed by atoms with Gasteiger partial charge in [0.15, 0.2) is 11.8 Å². The van der Waals surface area contributed by atoms with Crippen molar-refractivity contribution in [3.8, 4) is 0 Å². The molecule has 0 fully saturated rings. The second kappa shape index (κ2) is 4.11. The number of aldehydes is 1. The Labute approximate surface area is 81.9 Å². The van der Waals surface area contributed by atoms with Crippen molar-refractivity contribution in [2.24, 2.45) is 11.1 Å². The van der Waals surface area contributed by atoms with Crippen LogP contribution in [0.4, 0.5) is 0 Å². The SMILES string of the molecule is CSCC(C)(C)C(N)(C=O)C(=O)O. The fraction of sp³-hybridized carbons (Fsp3) is 0.750. The number of carbonyl (C=O) groups is 2. The van der Waals surface area contributed by atoms with Crippen LogP contribution in [0.5, 0.6) is 0 Å². The maximum absolute atomic E-state index is 10.8. The molecule has 0 aliphatic heterocycles. The highest BCUT2D eigenvalue weighted by Gasteiger charge is 2.48. The summed E-state index contributed by atoms with van der Waals surface area (Å²) in [5, 5.41) is 8.83. The lowest BCUT2D eigenvalue weighted by molar-refractivity contribution is -0.149. The van der Waals surface area contributed by atoms with Crippen molar-refractivity contribution in [1.29, 1.82) is 0 Å². The maximum atomic E-state index is 10.8. The highest BCUT2D eigenvalue weighted by Crippen LogP contribution is 2.30. The second-order valence-corrected chi connectivity index (χ2v) is 4.47. The van der Waals surface area contributed by atoms with E-state index in [1.54, 1.807) is 13.8 Å². The number of aliphatic carboxylic acids is 1. The van der Waals surface area contributed by atoms with Crippen LogP contribution in [0.15, 0.2) is 0 Å². The monoisotopic (exact) mass is 205 g/mol. The van der Waals surface area contributed by atoms with E-state index in [-0.39, 0.29) is 0 Å². The summed E-state index contributed by atoms with van der Waals surface area (Å²) in [7, 11) is 0. The highest BCUT2D eigenvalue weighted by molar-refractivity contribution is 7.98. The number of hydrogen-bond donors (Lipinski definition) is 2. The van der Waals surface area contributed by atoms with E-state index in [0.717, 1.165) is 0 Å². The number of carboxylic acid groups (broad SMARTS) is 1. The van der Waals surface area contributed by atoms with Crippen LogP contribution in [0.25, 0.3) is 0 Å². The summed E-state index contributed by atoms with van der Waals surface area (Å²) in [5.41, 5.74) is 2.98. The molecule has 4 nitrogen and oxygen atoms in total. The van der Waals surface area contributed by atoms with Crippen molar-refractivity contribution < 1.29 is 14.7 Å². The Bertz CT molecular complexity index is 217. The van der Waals surface area contributed by atoms with Crippen molar-refractivity contribution in [2.75, 3.05) is 12.0 Å². The summed E-state index contributed by atoms with van der Waals surface area (Å²) in [6.45, 7) is 3.35. The number of nitrogens with two attached hydrogens (primary N) is 1. The molecule has 76 valence electrons. The van der Waals surface area contributed by atoms with E-state index in [0.29, 0.717) is 12.0 Å². The number of hydrogen-bond acceptors (Lipinski definition) is 4. The minimum absolute atomic E-state index is 0.311. The Morgan fingerprint density at radius 2 is 2.08 bits per heavy atom. The molecule has 0 aromatic rings. The average molecular weight is 205 g/mol. The molecule has 0 bridgehead atoms. The number of carbonyl (C=O) groups excluding carboxylic acids is 1. The number of rotatable bonds is 5. The summed E-state index contributed by atoms with van der Waals surface area (Å²) >= 11 is 1.47. The van der Waals surface area contributed by atoms with Gasteiger partial charge >= 0.3 is 5.97 Å². The zero-order chi connectivity index (χ0) is 10.7. The molecule has 0 saturated carbocycles. The van der Waals surface area contributed by atoms with Crippen LogP contribution in [0.2, 0.25) is 0 Å². The molecule has 1 unspecified atom stereocenters. The van der Waals surface area contributed by atoms with Gasteiger partial charge in [0.25, 0.3) is 0 Å². The zero-order valence-corrected chi connectivity index (χ0v) is 8.85. The molecule has 0 amide bonds. The van der Waals surface area contributed by atoms with Crippen molar-refractivity contribution in [2.45, 2.75) is 19.4 Å². The Morgan fingerprint density at radius 3 is 2.31 bits per heavy atom. The second-order valence-electron chi connectivity index (χ2n) is 3.61. The van der Waals surface area contributed by atoms with Gasteiger partial charge in [0, 0.05) is 11.2 Å². The summed E-state index contributed by atoms with van der Waals surface area (Å²) in [6.07, 6.45) is 2.15. The molecule has 0 aliphatic rings. The summed E-state index contributed by atoms with van der Waals surface area (Å²) in [5.74, 6) is -0.754. The van der Waals surface area contributed by atoms with Crippen molar-refractivity contribution in [3.63, 3.8) is 0 Å². The molecule has 0 saturated heterocycles. The van der Waals surface area contributed by atoms with Gasteiger partial charge in [-0.15, -0.1) is 0 Å². The summed E-state index contributed by atoms with van der Waals surface area (Å²) in [6, 6.07) is 0. The molecule has 3 N–H and O–H groups in total. The van der Waals surface area contributed by atoms with E-state index in [4.69, 9.17) is 10.8 Å². The molecular weight excluding hydrogens is 190 g/mol. The lowest BCUT2D eigenvalue weighted by atomic mass is 9.75. The van der Waals surface area contributed by atoms with Crippen molar-refractivity contribution in [3.05, 3.63) is 0 Å². The lowest BCUT2D eigenvalue weighted by Crippen LogP contribution is -2.61. The van der Waals surface area contributed by atoms with Gasteiger partial charge in [-0.1, -0.05) is 13.8 Å². The van der Waals surface area contributed by atoms with Gasteiger partial charge < -0.3 is 15.6 Å². The molecule has 0 aromatic heterocycles. The molecule has 0 aliphatic carbocycles. The molecule has 0 aromatic carbocycles. The molecule has 1 atom stereocenters. The van der Waals surface area contributed by atoms with Crippen LogP contribution in [0, 0.1) is 5.41 Å². The van der Waals surface area contributed by atoms with Gasteiger partial charge in [-0.3, -0.25) is 0 Å². The molecule has 13 heavy (non-hydrogen) atoms. The van der Waals surface area contributed by atoms with Gasteiger partial charge in [0.05, 0.1) is 0 Å². The maximum Gasteiger partial charge on any atom is 0.331 e.